The predicted octanol–water partition coefficient (Wildman–Crippen LogP) is 1.39. The summed E-state index contributed by atoms with van der Waals surface area (Å²) < 4.78 is 0. The molecule has 0 radical (unpaired) electrons. The number of allylic oxidation sites excluding steroid dienone is 1. The predicted molar refractivity (Wildman–Crippen MR) is 48.2 cm³/mol. The minimum Gasteiger partial charge on any atom is -0.301 e. The molecule has 0 saturated carbocycles. The van der Waals surface area contributed by atoms with Crippen LogP contribution < -0.4 is 5.73 Å². The van der Waals surface area contributed by atoms with Crippen molar-refractivity contribution in [2.75, 3.05) is 5.75 Å². The first-order valence-corrected chi connectivity index (χ1v) is 5.10. The SMILES string of the molecule is NC1N=C2CCSC=C2S1. The lowest BCUT2D eigenvalue weighted by atomic mass is 10.3. The third-order valence-corrected chi connectivity index (χ3v) is 3.41. The van der Waals surface area contributed by atoms with Crippen LogP contribution in [0.15, 0.2) is 15.3 Å². The maximum Gasteiger partial charge on any atom is 0.149 e. The standard InChI is InChI=1S/C6H8N2S2/c7-6-8-4-1-2-9-3-5(4)10-6/h3,6H,1-2,7H2. The van der Waals surface area contributed by atoms with E-state index in [1.54, 1.807) is 11.8 Å². The number of aliphatic imine (C=N–C) groups is 1. The molecule has 2 heterocycles. The molecule has 1 unspecified atom stereocenters. The molecule has 0 aromatic rings. The van der Waals surface area contributed by atoms with E-state index in [9.17, 15) is 0 Å². The van der Waals surface area contributed by atoms with E-state index in [0.29, 0.717) is 0 Å². The van der Waals surface area contributed by atoms with Gasteiger partial charge in [-0.2, -0.15) is 0 Å². The molecule has 4 heteroatoms. The molecule has 1 atom stereocenters. The van der Waals surface area contributed by atoms with E-state index in [0.717, 1.165) is 12.2 Å². The fraction of sp³-hybridized carbons (Fsp3) is 0.500. The van der Waals surface area contributed by atoms with Crippen LogP contribution in [0.1, 0.15) is 6.42 Å². The number of fused-ring (bicyclic) bond motifs is 1. The van der Waals surface area contributed by atoms with E-state index >= 15 is 0 Å². The Morgan fingerprint density at radius 3 is 3.40 bits per heavy atom. The Morgan fingerprint density at radius 1 is 1.70 bits per heavy atom. The van der Waals surface area contributed by atoms with Crippen molar-refractivity contribution in [3.8, 4) is 0 Å². The fourth-order valence-corrected chi connectivity index (χ4v) is 2.89. The molecular weight excluding hydrogens is 164 g/mol. The van der Waals surface area contributed by atoms with E-state index in [1.165, 1.54) is 10.6 Å². The van der Waals surface area contributed by atoms with Crippen LogP contribution in [-0.4, -0.2) is 17.0 Å². The summed E-state index contributed by atoms with van der Waals surface area (Å²) in [5.41, 5.74) is 6.81. The summed E-state index contributed by atoms with van der Waals surface area (Å²) in [6, 6.07) is 0. The number of nitrogens with zero attached hydrogens (tertiary/aromatic N) is 1. The van der Waals surface area contributed by atoms with Crippen molar-refractivity contribution < 1.29 is 0 Å². The highest BCUT2D eigenvalue weighted by atomic mass is 32.2. The van der Waals surface area contributed by atoms with Crippen molar-refractivity contribution in [2.24, 2.45) is 10.7 Å². The van der Waals surface area contributed by atoms with Gasteiger partial charge in [-0.15, -0.1) is 11.8 Å². The molecule has 54 valence electrons. The quantitative estimate of drug-likeness (QED) is 0.600. The molecule has 0 spiro atoms. The van der Waals surface area contributed by atoms with Crippen molar-refractivity contribution in [1.82, 2.24) is 0 Å². The monoisotopic (exact) mass is 172 g/mol. The van der Waals surface area contributed by atoms with Crippen LogP contribution in [0.4, 0.5) is 0 Å². The van der Waals surface area contributed by atoms with Gasteiger partial charge in [0.1, 0.15) is 5.50 Å². The highest BCUT2D eigenvalue weighted by Crippen LogP contribution is 2.35. The zero-order chi connectivity index (χ0) is 6.97. The van der Waals surface area contributed by atoms with Gasteiger partial charge in [-0.25, -0.2) is 0 Å². The first-order valence-electron chi connectivity index (χ1n) is 3.17. The van der Waals surface area contributed by atoms with E-state index in [2.05, 4.69) is 10.4 Å². The number of nitrogens with two attached hydrogens (primary N) is 1. The summed E-state index contributed by atoms with van der Waals surface area (Å²) in [6.07, 6.45) is 1.09. The highest BCUT2D eigenvalue weighted by Gasteiger charge is 2.21. The highest BCUT2D eigenvalue weighted by molar-refractivity contribution is 8.07. The number of thioether (sulfide) groups is 2. The zero-order valence-corrected chi connectivity index (χ0v) is 7.04. The van der Waals surface area contributed by atoms with Gasteiger partial charge in [-0.1, -0.05) is 11.8 Å². The summed E-state index contributed by atoms with van der Waals surface area (Å²) in [5, 5.41) is 2.17. The van der Waals surface area contributed by atoms with Crippen molar-refractivity contribution in [3.05, 3.63) is 10.3 Å². The molecular formula is C6H8N2S2. The lowest BCUT2D eigenvalue weighted by molar-refractivity contribution is 0.996. The minimum atomic E-state index is -0.0278. The first-order chi connectivity index (χ1) is 4.86. The minimum absolute atomic E-state index is 0.0278. The van der Waals surface area contributed by atoms with Gasteiger partial charge in [0.25, 0.3) is 0 Å². The second-order valence-corrected chi connectivity index (χ2v) is 4.32. The van der Waals surface area contributed by atoms with Crippen LogP contribution in [0.5, 0.6) is 0 Å². The summed E-state index contributed by atoms with van der Waals surface area (Å²) in [5.74, 6) is 1.16. The number of rotatable bonds is 0. The van der Waals surface area contributed by atoms with Crippen molar-refractivity contribution in [3.63, 3.8) is 0 Å². The average molecular weight is 172 g/mol. The molecule has 0 saturated heterocycles. The van der Waals surface area contributed by atoms with Crippen LogP contribution in [0, 0.1) is 0 Å². The van der Waals surface area contributed by atoms with Gasteiger partial charge in [0.15, 0.2) is 0 Å². The van der Waals surface area contributed by atoms with Crippen LogP contribution in [-0.2, 0) is 0 Å². The molecule has 2 aliphatic heterocycles. The Balaban J connectivity index is 2.27. The molecule has 0 fully saturated rings. The summed E-state index contributed by atoms with van der Waals surface area (Å²) in [4.78, 5) is 5.58. The molecule has 0 aliphatic carbocycles. The molecule has 0 bridgehead atoms. The molecule has 10 heavy (non-hydrogen) atoms. The molecule has 0 amide bonds. The Labute approximate surface area is 68.3 Å². The van der Waals surface area contributed by atoms with Crippen LogP contribution in [0.2, 0.25) is 0 Å². The Bertz CT molecular complexity index is 210. The average Bonchev–Trinajstić information content (AvgIpc) is 2.27. The second-order valence-electron chi connectivity index (χ2n) is 2.19. The molecule has 0 aromatic carbocycles. The third-order valence-electron chi connectivity index (χ3n) is 1.46. The second kappa shape index (κ2) is 2.60. The lowest BCUT2D eigenvalue weighted by Crippen LogP contribution is -2.07. The molecule has 2 nitrogen and oxygen atoms in total. The van der Waals surface area contributed by atoms with E-state index in [1.807, 2.05) is 11.8 Å². The summed E-state index contributed by atoms with van der Waals surface area (Å²) in [6.45, 7) is 0. The van der Waals surface area contributed by atoms with Gasteiger partial charge >= 0.3 is 0 Å². The largest absolute Gasteiger partial charge is 0.301 e. The normalized spacial score (nSPS) is 31.1. The van der Waals surface area contributed by atoms with Gasteiger partial charge in [0.05, 0.1) is 5.71 Å². The molecule has 2 N–H and O–H groups in total. The van der Waals surface area contributed by atoms with Crippen LogP contribution in [0.3, 0.4) is 0 Å². The van der Waals surface area contributed by atoms with Crippen LogP contribution in [0.25, 0.3) is 0 Å². The van der Waals surface area contributed by atoms with Crippen LogP contribution >= 0.6 is 23.5 Å². The zero-order valence-electron chi connectivity index (χ0n) is 5.41. The first kappa shape index (κ1) is 6.76. The van der Waals surface area contributed by atoms with Gasteiger partial charge in [-0.3, -0.25) is 4.99 Å². The van der Waals surface area contributed by atoms with Gasteiger partial charge in [-0.05, 0) is 11.8 Å². The Hall–Kier alpha value is 0.0700. The van der Waals surface area contributed by atoms with E-state index < -0.39 is 0 Å². The molecule has 2 aliphatic rings. The number of hydrogen-bond donors (Lipinski definition) is 1. The maximum atomic E-state index is 5.62. The third kappa shape index (κ3) is 1.11. The number of hydrogen-bond acceptors (Lipinski definition) is 4. The Kier molecular flexibility index (Phi) is 1.76. The summed E-state index contributed by atoms with van der Waals surface area (Å²) >= 11 is 3.52. The maximum absolute atomic E-state index is 5.62. The van der Waals surface area contributed by atoms with E-state index in [4.69, 9.17) is 5.73 Å². The van der Waals surface area contributed by atoms with Crippen molar-refractivity contribution in [2.45, 2.75) is 11.9 Å². The topological polar surface area (TPSA) is 38.4 Å². The molecule has 0 aromatic heterocycles. The Morgan fingerprint density at radius 2 is 2.60 bits per heavy atom. The summed E-state index contributed by atoms with van der Waals surface area (Å²) in [7, 11) is 0. The lowest BCUT2D eigenvalue weighted by Gasteiger charge is -2.06. The van der Waals surface area contributed by atoms with Gasteiger partial charge < -0.3 is 5.73 Å². The molecule has 2 rings (SSSR count). The fourth-order valence-electron chi connectivity index (χ4n) is 1.02. The van der Waals surface area contributed by atoms with Crippen molar-refractivity contribution in [1.29, 1.82) is 0 Å². The van der Waals surface area contributed by atoms with E-state index in [-0.39, 0.29) is 5.50 Å². The van der Waals surface area contributed by atoms with Gasteiger partial charge in [0, 0.05) is 10.7 Å². The van der Waals surface area contributed by atoms with Gasteiger partial charge in [0.2, 0.25) is 0 Å². The smallest absolute Gasteiger partial charge is 0.149 e. The van der Waals surface area contributed by atoms with Crippen molar-refractivity contribution >= 4 is 29.2 Å².